The Morgan fingerprint density at radius 3 is 2.17 bits per heavy atom. The SMILES string of the molecule is CCN1/C(=C/C=C/C=C/C2=[N+](CCCCCC(=O)O)c3ccc(S(=O)(=O)O)cc3C2(C)C)C(C)(C)c2cc(S(=O)(=O)[O-])ccc21.[K+]. The van der Waals surface area contributed by atoms with Crippen molar-refractivity contribution in [1.29, 1.82) is 0 Å². The monoisotopic (exact) mass is 695 g/mol. The number of nitrogens with zero attached hydrogens (tertiary/aromatic N) is 2. The van der Waals surface area contributed by atoms with Crippen LogP contribution >= 0.6 is 0 Å². The Balaban J connectivity index is 0.00000576. The minimum absolute atomic E-state index is 0. The number of carboxylic acid groups (broad SMARTS) is 1. The maximum atomic E-state index is 11.9. The largest absolute Gasteiger partial charge is 1.00 e. The maximum Gasteiger partial charge on any atom is 1.00 e. The molecule has 0 fully saturated rings. The number of aliphatic carboxylic acids is 1. The van der Waals surface area contributed by atoms with E-state index in [-0.39, 0.29) is 67.6 Å². The van der Waals surface area contributed by atoms with E-state index in [2.05, 4.69) is 9.48 Å². The van der Waals surface area contributed by atoms with Gasteiger partial charge in [-0.05, 0) is 75.6 Å². The van der Waals surface area contributed by atoms with Gasteiger partial charge < -0.3 is 14.6 Å². The van der Waals surface area contributed by atoms with Crippen LogP contribution in [0.15, 0.2) is 82.3 Å². The van der Waals surface area contributed by atoms with Gasteiger partial charge in [0.05, 0.1) is 15.2 Å². The van der Waals surface area contributed by atoms with Gasteiger partial charge in [-0.2, -0.15) is 13.0 Å². The molecule has 46 heavy (non-hydrogen) atoms. The third kappa shape index (κ3) is 8.01. The van der Waals surface area contributed by atoms with Crippen LogP contribution in [0.5, 0.6) is 0 Å². The van der Waals surface area contributed by atoms with E-state index in [1.165, 1.54) is 24.3 Å². The number of hydrogen-bond acceptors (Lipinski definition) is 7. The molecule has 2 aromatic rings. The molecular formula is C33H40KN2O8S2+. The molecule has 242 valence electrons. The first kappa shape index (κ1) is 38.5. The number of benzene rings is 2. The predicted octanol–water partition coefficient (Wildman–Crippen LogP) is 2.68. The summed E-state index contributed by atoms with van der Waals surface area (Å²) in [4.78, 5) is 12.6. The van der Waals surface area contributed by atoms with E-state index in [1.807, 2.05) is 65.0 Å². The molecule has 0 atom stereocenters. The number of fused-ring (bicyclic) bond motifs is 2. The number of carbonyl (C=O) groups is 1. The van der Waals surface area contributed by atoms with Gasteiger partial charge in [-0.3, -0.25) is 9.35 Å². The Morgan fingerprint density at radius 1 is 0.913 bits per heavy atom. The van der Waals surface area contributed by atoms with Crippen molar-refractivity contribution in [1.82, 2.24) is 0 Å². The van der Waals surface area contributed by atoms with Crippen LogP contribution in [0.4, 0.5) is 11.4 Å². The summed E-state index contributed by atoms with van der Waals surface area (Å²) < 4.78 is 70.6. The van der Waals surface area contributed by atoms with E-state index < -0.39 is 37.0 Å². The van der Waals surface area contributed by atoms with Gasteiger partial charge in [0.1, 0.15) is 16.7 Å². The fraction of sp³-hybridized carbons (Fsp3) is 0.394. The van der Waals surface area contributed by atoms with Crippen LogP contribution in [-0.4, -0.2) is 60.4 Å². The van der Waals surface area contributed by atoms with Crippen LogP contribution in [0.25, 0.3) is 0 Å². The molecule has 0 amide bonds. The van der Waals surface area contributed by atoms with Crippen LogP contribution < -0.4 is 56.3 Å². The second-order valence-electron chi connectivity index (χ2n) is 12.3. The molecule has 0 aliphatic carbocycles. The summed E-state index contributed by atoms with van der Waals surface area (Å²) in [5.41, 5.74) is 3.95. The normalized spacial score (nSPS) is 18.0. The number of carboxylic acids is 1. The van der Waals surface area contributed by atoms with Crippen LogP contribution in [0.2, 0.25) is 0 Å². The van der Waals surface area contributed by atoms with Crippen molar-refractivity contribution in [2.75, 3.05) is 18.0 Å². The number of unbranched alkanes of at least 4 members (excludes halogenated alkanes) is 2. The zero-order chi connectivity index (χ0) is 33.4. The van der Waals surface area contributed by atoms with Crippen molar-refractivity contribution in [2.24, 2.45) is 0 Å². The Bertz CT molecular complexity index is 1860. The molecule has 0 aromatic heterocycles. The molecule has 4 rings (SSSR count). The summed E-state index contributed by atoms with van der Waals surface area (Å²) >= 11 is 0. The van der Waals surface area contributed by atoms with E-state index >= 15 is 0 Å². The molecule has 10 nitrogen and oxygen atoms in total. The fourth-order valence-electron chi connectivity index (χ4n) is 6.29. The molecule has 2 aliphatic heterocycles. The molecule has 0 saturated carbocycles. The number of rotatable bonds is 12. The molecule has 13 heteroatoms. The Morgan fingerprint density at radius 2 is 1.57 bits per heavy atom. The van der Waals surface area contributed by atoms with Crippen molar-refractivity contribution in [3.8, 4) is 0 Å². The van der Waals surface area contributed by atoms with Gasteiger partial charge >= 0.3 is 57.4 Å². The van der Waals surface area contributed by atoms with Gasteiger partial charge in [0.25, 0.3) is 10.1 Å². The second-order valence-corrected chi connectivity index (χ2v) is 15.1. The summed E-state index contributed by atoms with van der Waals surface area (Å²) in [6, 6.07) is 9.07. The molecule has 2 aliphatic rings. The van der Waals surface area contributed by atoms with E-state index in [1.54, 1.807) is 12.1 Å². The average molecular weight is 696 g/mol. The topological polar surface area (TPSA) is 155 Å². The zero-order valence-electron chi connectivity index (χ0n) is 27.1. The third-order valence-corrected chi connectivity index (χ3v) is 10.3. The van der Waals surface area contributed by atoms with Crippen molar-refractivity contribution < 1.29 is 91.8 Å². The van der Waals surface area contributed by atoms with Crippen molar-refractivity contribution in [3.63, 3.8) is 0 Å². The molecule has 0 bridgehead atoms. The van der Waals surface area contributed by atoms with Crippen LogP contribution in [0.1, 0.15) is 71.4 Å². The molecule has 0 saturated heterocycles. The van der Waals surface area contributed by atoms with Crippen LogP contribution in [0.3, 0.4) is 0 Å². The van der Waals surface area contributed by atoms with Gasteiger partial charge in [0.15, 0.2) is 5.71 Å². The minimum atomic E-state index is -4.59. The maximum absolute atomic E-state index is 11.9. The number of hydrogen-bond donors (Lipinski definition) is 2. The number of likely N-dealkylation sites (N-methyl/N-ethyl adjacent to an activating group) is 1. The van der Waals surface area contributed by atoms with Crippen LogP contribution in [-0.2, 0) is 35.9 Å². The summed E-state index contributed by atoms with van der Waals surface area (Å²) in [6.07, 6.45) is 11.7. The smallest absolute Gasteiger partial charge is 0.744 e. The van der Waals surface area contributed by atoms with E-state index in [0.717, 1.165) is 46.8 Å². The van der Waals surface area contributed by atoms with Gasteiger partial charge in [-0.1, -0.05) is 32.1 Å². The Labute approximate surface area is 314 Å². The van der Waals surface area contributed by atoms with Gasteiger partial charge in [-0.15, -0.1) is 0 Å². The molecule has 2 heterocycles. The zero-order valence-corrected chi connectivity index (χ0v) is 31.9. The van der Waals surface area contributed by atoms with Crippen molar-refractivity contribution >= 4 is 43.3 Å². The van der Waals surface area contributed by atoms with E-state index in [9.17, 15) is 30.7 Å². The quantitative estimate of drug-likeness (QED) is 0.112. The van der Waals surface area contributed by atoms with Gasteiger partial charge in [0.2, 0.25) is 5.69 Å². The first-order chi connectivity index (χ1) is 20.9. The molecule has 0 radical (unpaired) electrons. The van der Waals surface area contributed by atoms with Crippen molar-refractivity contribution in [3.05, 3.63) is 83.6 Å². The Hall–Kier alpha value is -1.94. The Kier molecular flexibility index (Phi) is 12.3. The molecule has 2 N–H and O–H groups in total. The van der Waals surface area contributed by atoms with E-state index in [0.29, 0.717) is 19.5 Å². The fourth-order valence-corrected chi connectivity index (χ4v) is 7.29. The predicted molar refractivity (Wildman–Crippen MR) is 172 cm³/mol. The number of allylic oxidation sites excluding steroid dienone is 6. The average Bonchev–Trinajstić information content (AvgIpc) is 3.29. The summed E-state index contributed by atoms with van der Waals surface area (Å²) in [7, 11) is -8.98. The van der Waals surface area contributed by atoms with Gasteiger partial charge in [0, 0.05) is 53.9 Å². The first-order valence-electron chi connectivity index (χ1n) is 14.8. The molecule has 0 unspecified atom stereocenters. The number of anilines is 1. The summed E-state index contributed by atoms with van der Waals surface area (Å²) in [5.74, 6) is -0.829. The summed E-state index contributed by atoms with van der Waals surface area (Å²) in [6.45, 7) is 11.2. The minimum Gasteiger partial charge on any atom is -0.744 e. The molecular weight excluding hydrogens is 656 g/mol. The summed E-state index contributed by atoms with van der Waals surface area (Å²) in [5, 5.41) is 8.97. The van der Waals surface area contributed by atoms with Crippen LogP contribution in [0, 0.1) is 0 Å². The van der Waals surface area contributed by atoms with Gasteiger partial charge in [-0.25, -0.2) is 8.42 Å². The molecule has 0 spiro atoms. The van der Waals surface area contributed by atoms with E-state index in [4.69, 9.17) is 5.11 Å². The third-order valence-electron chi connectivity index (χ3n) is 8.63. The first-order valence-corrected chi connectivity index (χ1v) is 17.7. The van der Waals surface area contributed by atoms with Crippen molar-refractivity contribution in [2.45, 2.75) is 80.9 Å². The molecule has 2 aromatic carbocycles. The standard InChI is InChI=1S/C33H40N2O8S2.K/c1-6-34-27-18-16-23(44(38,39)40)21-25(27)32(2,3)29(34)13-9-7-10-14-30-33(4,5)26-22-24(45(41,42)43)17-19-28(26)35(30)20-12-8-11-15-31(36)37;/h7,9-10,13-14,16-19,21-22H,6,8,11-12,15,20H2,1-5H3,(H2-,36,37,38,39,40,41,42,43);/q;+1. The second kappa shape index (κ2) is 14.7.